The van der Waals surface area contributed by atoms with Gasteiger partial charge in [-0.3, -0.25) is 4.72 Å². The van der Waals surface area contributed by atoms with E-state index in [1.54, 1.807) is 13.8 Å². The summed E-state index contributed by atoms with van der Waals surface area (Å²) in [5, 5.41) is 0. The first-order valence-electron chi connectivity index (χ1n) is 6.89. The molecule has 0 heterocycles. The van der Waals surface area contributed by atoms with E-state index in [0.29, 0.717) is 0 Å². The van der Waals surface area contributed by atoms with Gasteiger partial charge in [-0.25, -0.2) is 21.6 Å². The summed E-state index contributed by atoms with van der Waals surface area (Å²) in [6, 6.07) is 3.96. The molecule has 0 amide bonds. The lowest BCUT2D eigenvalue weighted by Gasteiger charge is -2.24. The van der Waals surface area contributed by atoms with E-state index in [0.717, 1.165) is 0 Å². The average molecular weight is 365 g/mol. The molecule has 0 spiro atoms. The van der Waals surface area contributed by atoms with Crippen molar-refractivity contribution in [3.63, 3.8) is 0 Å². The van der Waals surface area contributed by atoms with Gasteiger partial charge in [0.05, 0.1) is 18.6 Å². The summed E-state index contributed by atoms with van der Waals surface area (Å²) >= 11 is 0. The van der Waals surface area contributed by atoms with Crippen molar-refractivity contribution in [1.82, 2.24) is 4.72 Å². The minimum atomic E-state index is -3.87. The molecule has 0 atom stereocenters. The molecule has 4 N–H and O–H groups in total. The molecule has 23 heavy (non-hydrogen) atoms. The van der Waals surface area contributed by atoms with Gasteiger partial charge in [-0.15, -0.1) is 0 Å². The van der Waals surface area contributed by atoms with Crippen molar-refractivity contribution in [3.8, 4) is 5.75 Å². The highest BCUT2D eigenvalue weighted by Crippen LogP contribution is 2.28. The van der Waals surface area contributed by atoms with Gasteiger partial charge in [0, 0.05) is 18.2 Å². The van der Waals surface area contributed by atoms with Gasteiger partial charge >= 0.3 is 0 Å². The molecule has 0 saturated heterocycles. The van der Waals surface area contributed by atoms with Crippen molar-refractivity contribution >= 4 is 25.7 Å². The fourth-order valence-corrected chi connectivity index (χ4v) is 3.87. The molecule has 0 radical (unpaired) electrons. The van der Waals surface area contributed by atoms with Crippen molar-refractivity contribution in [2.75, 3.05) is 24.1 Å². The quantitative estimate of drug-likeness (QED) is 0.614. The Hall–Kier alpha value is -1.36. The number of anilines is 1. The van der Waals surface area contributed by atoms with Crippen LogP contribution < -0.4 is 19.9 Å². The number of hydrogen-bond donors (Lipinski definition) is 3. The molecule has 1 aromatic rings. The van der Waals surface area contributed by atoms with Crippen LogP contribution in [0.15, 0.2) is 23.1 Å². The topological polar surface area (TPSA) is 128 Å². The molecule has 10 heteroatoms. The van der Waals surface area contributed by atoms with Crippen LogP contribution in [-0.4, -0.2) is 41.8 Å². The Labute approximate surface area is 137 Å². The Balaban J connectivity index is 3.24. The summed E-state index contributed by atoms with van der Waals surface area (Å²) in [7, 11) is -6.03. The van der Waals surface area contributed by atoms with Gasteiger partial charge in [0.25, 0.3) is 0 Å². The normalized spacial score (nSPS) is 12.9. The highest BCUT2D eigenvalue weighted by atomic mass is 32.2. The maximum Gasteiger partial charge on any atom is 0.244 e. The van der Waals surface area contributed by atoms with E-state index in [1.165, 1.54) is 32.2 Å². The highest BCUT2D eigenvalue weighted by molar-refractivity contribution is 7.92. The summed E-state index contributed by atoms with van der Waals surface area (Å²) < 4.78 is 58.0. The molecule has 1 aromatic carbocycles. The van der Waals surface area contributed by atoms with E-state index in [2.05, 4.69) is 9.44 Å². The second-order valence-corrected chi connectivity index (χ2v) is 9.23. The summed E-state index contributed by atoms with van der Waals surface area (Å²) in [5.41, 5.74) is 4.93. The zero-order valence-electron chi connectivity index (χ0n) is 13.6. The Morgan fingerprint density at radius 3 is 2.30 bits per heavy atom. The van der Waals surface area contributed by atoms with Crippen molar-refractivity contribution in [2.24, 2.45) is 5.73 Å². The van der Waals surface area contributed by atoms with Crippen LogP contribution in [-0.2, 0) is 20.0 Å². The molecule has 0 fully saturated rings. The average Bonchev–Trinajstić information content (AvgIpc) is 2.45. The van der Waals surface area contributed by atoms with Crippen LogP contribution in [0, 0.1) is 0 Å². The number of methoxy groups -OCH3 is 1. The largest absolute Gasteiger partial charge is 0.495 e. The smallest absolute Gasteiger partial charge is 0.244 e. The Kier molecular flexibility index (Phi) is 6.02. The monoisotopic (exact) mass is 365 g/mol. The van der Waals surface area contributed by atoms with E-state index < -0.39 is 25.6 Å². The Bertz CT molecular complexity index is 758. The fraction of sp³-hybridized carbons (Fsp3) is 0.538. The van der Waals surface area contributed by atoms with Gasteiger partial charge in [-0.1, -0.05) is 0 Å². The maximum atomic E-state index is 12.5. The summed E-state index contributed by atoms with van der Waals surface area (Å²) in [4.78, 5) is -0.0963. The third-order valence-electron chi connectivity index (χ3n) is 3.03. The first-order valence-corrected chi connectivity index (χ1v) is 10.0. The molecule has 8 nitrogen and oxygen atoms in total. The predicted molar refractivity (Wildman–Crippen MR) is 89.5 cm³/mol. The highest BCUT2D eigenvalue weighted by Gasteiger charge is 2.27. The number of ether oxygens (including phenoxy) is 1. The first kappa shape index (κ1) is 19.7. The summed E-state index contributed by atoms with van der Waals surface area (Å²) in [6.45, 7) is 4.92. The van der Waals surface area contributed by atoms with Crippen molar-refractivity contribution in [2.45, 2.75) is 31.2 Å². The fourth-order valence-electron chi connectivity index (χ4n) is 1.67. The lowest BCUT2D eigenvalue weighted by atomic mass is 10.1. The Morgan fingerprint density at radius 1 is 1.22 bits per heavy atom. The molecular formula is C13H23N3O5S2. The third-order valence-corrected chi connectivity index (χ3v) is 6.07. The van der Waals surface area contributed by atoms with E-state index in [4.69, 9.17) is 10.5 Å². The predicted octanol–water partition coefficient (Wildman–Crippen LogP) is 0.472. The van der Waals surface area contributed by atoms with Crippen LogP contribution in [0.3, 0.4) is 0 Å². The van der Waals surface area contributed by atoms with Crippen LogP contribution in [0.25, 0.3) is 0 Å². The van der Waals surface area contributed by atoms with Gasteiger partial charge in [-0.05, 0) is 32.9 Å². The third kappa shape index (κ3) is 5.34. The molecule has 1 rings (SSSR count). The molecule has 0 bridgehead atoms. The summed E-state index contributed by atoms with van der Waals surface area (Å²) in [6.07, 6.45) is 0. The summed E-state index contributed by atoms with van der Waals surface area (Å²) in [5.74, 6) is -0.0663. The van der Waals surface area contributed by atoms with Gasteiger partial charge in [0.2, 0.25) is 20.0 Å². The minimum absolute atomic E-state index is 0.0293. The molecule has 0 unspecified atom stereocenters. The number of benzene rings is 1. The number of rotatable bonds is 8. The van der Waals surface area contributed by atoms with Crippen LogP contribution >= 0.6 is 0 Å². The van der Waals surface area contributed by atoms with Crippen LogP contribution in [0.2, 0.25) is 0 Å². The lowest BCUT2D eigenvalue weighted by Crippen LogP contribution is -2.48. The first-order chi connectivity index (χ1) is 10.5. The van der Waals surface area contributed by atoms with E-state index in [1.807, 2.05) is 0 Å². The van der Waals surface area contributed by atoms with Crippen molar-refractivity contribution in [3.05, 3.63) is 18.2 Å². The zero-order valence-corrected chi connectivity index (χ0v) is 15.2. The molecular weight excluding hydrogens is 342 g/mol. The number of hydrogen-bond acceptors (Lipinski definition) is 6. The SMILES string of the molecule is CCS(=O)(=O)Nc1ccc(S(=O)(=O)NC(C)(C)CN)c(OC)c1. The molecule has 0 aliphatic carbocycles. The van der Waals surface area contributed by atoms with Gasteiger partial charge < -0.3 is 10.5 Å². The molecule has 0 aliphatic rings. The lowest BCUT2D eigenvalue weighted by molar-refractivity contribution is 0.400. The van der Waals surface area contributed by atoms with Gasteiger partial charge in [0.1, 0.15) is 10.6 Å². The van der Waals surface area contributed by atoms with E-state index in [9.17, 15) is 16.8 Å². The van der Waals surface area contributed by atoms with Crippen molar-refractivity contribution < 1.29 is 21.6 Å². The number of nitrogens with one attached hydrogen (secondary N) is 2. The van der Waals surface area contributed by atoms with Gasteiger partial charge in [0.15, 0.2) is 0 Å². The van der Waals surface area contributed by atoms with Crippen LogP contribution in [0.1, 0.15) is 20.8 Å². The minimum Gasteiger partial charge on any atom is -0.495 e. The Morgan fingerprint density at radius 2 is 1.83 bits per heavy atom. The van der Waals surface area contributed by atoms with E-state index >= 15 is 0 Å². The number of sulfonamides is 2. The van der Waals surface area contributed by atoms with Crippen molar-refractivity contribution in [1.29, 1.82) is 0 Å². The second-order valence-electron chi connectivity index (χ2n) is 5.56. The molecule has 0 aromatic heterocycles. The maximum absolute atomic E-state index is 12.5. The second kappa shape index (κ2) is 7.04. The molecule has 0 saturated carbocycles. The molecule has 0 aliphatic heterocycles. The van der Waals surface area contributed by atoms with Gasteiger partial charge in [-0.2, -0.15) is 0 Å². The van der Waals surface area contributed by atoms with Crippen LogP contribution in [0.5, 0.6) is 5.75 Å². The van der Waals surface area contributed by atoms with Crippen LogP contribution in [0.4, 0.5) is 5.69 Å². The standard InChI is InChI=1S/C13H23N3O5S2/c1-5-22(17,18)15-10-6-7-12(11(8-10)21-4)23(19,20)16-13(2,3)9-14/h6-8,15-16H,5,9,14H2,1-4H3. The molecule has 132 valence electrons. The van der Waals surface area contributed by atoms with E-state index in [-0.39, 0.29) is 28.6 Å². The number of nitrogens with two attached hydrogens (primary N) is 1. The zero-order chi connectivity index (χ0) is 17.9.